The first-order valence-corrected chi connectivity index (χ1v) is 5.25. The third-order valence-electron chi connectivity index (χ3n) is 2.59. The molecule has 0 unspecified atom stereocenters. The molecule has 16 heavy (non-hydrogen) atoms. The van der Waals surface area contributed by atoms with Crippen LogP contribution in [0.1, 0.15) is 18.4 Å². The Labute approximate surface area is 96.9 Å². The van der Waals surface area contributed by atoms with Crippen molar-refractivity contribution in [3.63, 3.8) is 0 Å². The van der Waals surface area contributed by atoms with Crippen LogP contribution >= 0.6 is 0 Å². The maximum absolute atomic E-state index is 10.5. The van der Waals surface area contributed by atoms with E-state index >= 15 is 0 Å². The maximum Gasteiger partial charge on any atom is 0.118 e. The average molecular weight is 218 g/mol. The van der Waals surface area contributed by atoms with Crippen molar-refractivity contribution in [2.45, 2.75) is 18.4 Å². The van der Waals surface area contributed by atoms with Gasteiger partial charge < -0.3 is 9.84 Å². The van der Waals surface area contributed by atoms with E-state index in [-0.39, 0.29) is 0 Å². The molecule has 86 valence electrons. The van der Waals surface area contributed by atoms with Gasteiger partial charge in [0.15, 0.2) is 0 Å². The van der Waals surface area contributed by atoms with Gasteiger partial charge in [-0.25, -0.2) is 0 Å². The van der Waals surface area contributed by atoms with Crippen LogP contribution in [0.5, 0.6) is 5.75 Å². The van der Waals surface area contributed by atoms with Crippen molar-refractivity contribution in [3.05, 3.63) is 55.1 Å². The summed E-state index contributed by atoms with van der Waals surface area (Å²) in [6.45, 7) is 7.34. The molecule has 1 N–H and O–H groups in total. The number of benzene rings is 1. The Kier molecular flexibility index (Phi) is 4.32. The fraction of sp³-hybridized carbons (Fsp3) is 0.286. The van der Waals surface area contributed by atoms with Crippen LogP contribution in [-0.2, 0) is 5.60 Å². The van der Waals surface area contributed by atoms with E-state index < -0.39 is 5.60 Å². The van der Waals surface area contributed by atoms with E-state index in [2.05, 4.69) is 13.2 Å². The predicted octanol–water partition coefficient (Wildman–Crippen LogP) is 3.04. The fourth-order valence-electron chi connectivity index (χ4n) is 1.70. The highest BCUT2D eigenvalue weighted by Gasteiger charge is 2.25. The summed E-state index contributed by atoms with van der Waals surface area (Å²) in [6.07, 6.45) is 4.44. The Balaban J connectivity index is 3.00. The quantitative estimate of drug-likeness (QED) is 0.744. The van der Waals surface area contributed by atoms with Crippen molar-refractivity contribution in [2.75, 3.05) is 7.11 Å². The van der Waals surface area contributed by atoms with Gasteiger partial charge in [0.05, 0.1) is 12.7 Å². The smallest absolute Gasteiger partial charge is 0.118 e. The van der Waals surface area contributed by atoms with E-state index in [0.29, 0.717) is 12.8 Å². The highest BCUT2D eigenvalue weighted by Crippen LogP contribution is 2.30. The molecule has 0 saturated heterocycles. The summed E-state index contributed by atoms with van der Waals surface area (Å²) in [5.74, 6) is 0.781. The summed E-state index contributed by atoms with van der Waals surface area (Å²) in [7, 11) is 1.62. The average Bonchev–Trinajstić information content (AvgIpc) is 2.30. The van der Waals surface area contributed by atoms with Crippen molar-refractivity contribution in [3.8, 4) is 5.75 Å². The van der Waals surface area contributed by atoms with Gasteiger partial charge in [-0.15, -0.1) is 13.2 Å². The Hall–Kier alpha value is -1.54. The van der Waals surface area contributed by atoms with Gasteiger partial charge in [-0.05, 0) is 30.5 Å². The first-order valence-electron chi connectivity index (χ1n) is 5.25. The van der Waals surface area contributed by atoms with Crippen molar-refractivity contribution in [1.82, 2.24) is 0 Å². The summed E-state index contributed by atoms with van der Waals surface area (Å²) in [4.78, 5) is 0. The van der Waals surface area contributed by atoms with Crippen LogP contribution in [0.2, 0.25) is 0 Å². The van der Waals surface area contributed by atoms with Crippen molar-refractivity contribution in [1.29, 1.82) is 0 Å². The molecule has 2 nitrogen and oxygen atoms in total. The second kappa shape index (κ2) is 5.52. The molecule has 0 bridgehead atoms. The van der Waals surface area contributed by atoms with E-state index in [4.69, 9.17) is 4.74 Å². The molecular formula is C14H18O2. The highest BCUT2D eigenvalue weighted by molar-refractivity contribution is 5.31. The van der Waals surface area contributed by atoms with Gasteiger partial charge in [0, 0.05) is 0 Å². The van der Waals surface area contributed by atoms with Crippen molar-refractivity contribution in [2.24, 2.45) is 0 Å². The second-order valence-corrected chi connectivity index (χ2v) is 3.75. The number of hydrogen-bond donors (Lipinski definition) is 1. The molecule has 0 spiro atoms. The molecule has 2 heteroatoms. The SMILES string of the molecule is C=CCC(O)(CC=C)c1ccc(OC)cc1. The molecule has 0 atom stereocenters. The number of aliphatic hydroxyl groups is 1. The van der Waals surface area contributed by atoms with Gasteiger partial charge in [0.1, 0.15) is 5.75 Å². The van der Waals surface area contributed by atoms with Crippen LogP contribution in [-0.4, -0.2) is 12.2 Å². The van der Waals surface area contributed by atoms with E-state index in [1.807, 2.05) is 24.3 Å². The van der Waals surface area contributed by atoms with Crippen LogP contribution in [0.3, 0.4) is 0 Å². The number of rotatable bonds is 6. The lowest BCUT2D eigenvalue weighted by Gasteiger charge is -2.26. The maximum atomic E-state index is 10.5. The lowest BCUT2D eigenvalue weighted by atomic mass is 9.87. The molecule has 0 heterocycles. The van der Waals surface area contributed by atoms with E-state index in [1.165, 1.54) is 0 Å². The molecule has 0 aliphatic carbocycles. The first-order chi connectivity index (χ1) is 7.66. The number of ether oxygens (including phenoxy) is 1. The Morgan fingerprint density at radius 3 is 2.06 bits per heavy atom. The van der Waals surface area contributed by atoms with Gasteiger partial charge in [0.25, 0.3) is 0 Å². The molecule has 0 fully saturated rings. The van der Waals surface area contributed by atoms with Gasteiger partial charge in [-0.2, -0.15) is 0 Å². The Morgan fingerprint density at radius 1 is 1.19 bits per heavy atom. The minimum atomic E-state index is -0.907. The predicted molar refractivity (Wildman–Crippen MR) is 66.5 cm³/mol. The topological polar surface area (TPSA) is 29.5 Å². The van der Waals surface area contributed by atoms with Crippen LogP contribution in [0.4, 0.5) is 0 Å². The lowest BCUT2D eigenvalue weighted by molar-refractivity contribution is 0.0429. The molecule has 0 aromatic heterocycles. The number of hydrogen-bond acceptors (Lipinski definition) is 2. The normalized spacial score (nSPS) is 10.9. The number of methoxy groups -OCH3 is 1. The van der Waals surface area contributed by atoms with E-state index in [9.17, 15) is 5.11 Å². The summed E-state index contributed by atoms with van der Waals surface area (Å²) >= 11 is 0. The molecule has 0 saturated carbocycles. The molecule has 1 aromatic carbocycles. The molecule has 0 aliphatic heterocycles. The van der Waals surface area contributed by atoms with E-state index in [1.54, 1.807) is 19.3 Å². The molecule has 1 aromatic rings. The van der Waals surface area contributed by atoms with Crippen molar-refractivity contribution >= 4 is 0 Å². The summed E-state index contributed by atoms with van der Waals surface area (Å²) in [5, 5.41) is 10.5. The highest BCUT2D eigenvalue weighted by atomic mass is 16.5. The first kappa shape index (κ1) is 12.5. The third-order valence-corrected chi connectivity index (χ3v) is 2.59. The fourth-order valence-corrected chi connectivity index (χ4v) is 1.70. The molecule has 0 aliphatic rings. The van der Waals surface area contributed by atoms with Crippen molar-refractivity contribution < 1.29 is 9.84 Å². The van der Waals surface area contributed by atoms with Crippen LogP contribution in [0.25, 0.3) is 0 Å². The summed E-state index contributed by atoms with van der Waals surface area (Å²) < 4.78 is 5.08. The van der Waals surface area contributed by atoms with Crippen LogP contribution in [0, 0.1) is 0 Å². The zero-order chi connectivity index (χ0) is 12.0. The minimum Gasteiger partial charge on any atom is -0.497 e. The third kappa shape index (κ3) is 2.74. The zero-order valence-corrected chi connectivity index (χ0v) is 9.65. The Morgan fingerprint density at radius 2 is 1.69 bits per heavy atom. The van der Waals surface area contributed by atoms with Crippen LogP contribution < -0.4 is 4.74 Å². The monoisotopic (exact) mass is 218 g/mol. The lowest BCUT2D eigenvalue weighted by Crippen LogP contribution is -2.23. The van der Waals surface area contributed by atoms with Gasteiger partial charge in [-0.3, -0.25) is 0 Å². The Bertz CT molecular complexity index is 342. The van der Waals surface area contributed by atoms with Gasteiger partial charge in [-0.1, -0.05) is 24.3 Å². The largest absolute Gasteiger partial charge is 0.497 e. The van der Waals surface area contributed by atoms with Gasteiger partial charge >= 0.3 is 0 Å². The minimum absolute atomic E-state index is 0.505. The summed E-state index contributed by atoms with van der Waals surface area (Å²) in [5.41, 5.74) is -0.0523. The zero-order valence-electron chi connectivity index (χ0n) is 9.65. The molecular weight excluding hydrogens is 200 g/mol. The van der Waals surface area contributed by atoms with Gasteiger partial charge in [0.2, 0.25) is 0 Å². The molecule has 0 radical (unpaired) electrons. The molecule has 0 amide bonds. The summed E-state index contributed by atoms with van der Waals surface area (Å²) in [6, 6.07) is 7.41. The molecule has 1 rings (SSSR count). The second-order valence-electron chi connectivity index (χ2n) is 3.75. The standard InChI is InChI=1S/C14H18O2/c1-4-10-14(15,11-5-2)12-6-8-13(16-3)9-7-12/h4-9,15H,1-2,10-11H2,3H3. The van der Waals surface area contributed by atoms with Crippen LogP contribution in [0.15, 0.2) is 49.6 Å². The van der Waals surface area contributed by atoms with E-state index in [0.717, 1.165) is 11.3 Å².